The van der Waals surface area contributed by atoms with E-state index < -0.39 is 0 Å². The molecule has 100 valence electrons. The van der Waals surface area contributed by atoms with Crippen LogP contribution in [0, 0.1) is 17.8 Å². The van der Waals surface area contributed by atoms with Gasteiger partial charge >= 0.3 is 0 Å². The number of rotatable bonds is 3. The molecule has 4 unspecified atom stereocenters. The van der Waals surface area contributed by atoms with Crippen LogP contribution in [-0.2, 0) is 0 Å². The number of aromatic nitrogens is 1. The zero-order chi connectivity index (χ0) is 13.1. The molecule has 1 heterocycles. The van der Waals surface area contributed by atoms with Gasteiger partial charge in [0.05, 0.1) is 16.8 Å². The first kappa shape index (κ1) is 13.8. The van der Waals surface area contributed by atoms with Crippen LogP contribution in [0.3, 0.4) is 0 Å². The van der Waals surface area contributed by atoms with E-state index in [2.05, 4.69) is 24.1 Å². The fourth-order valence-electron chi connectivity index (χ4n) is 3.11. The Morgan fingerprint density at radius 1 is 1.33 bits per heavy atom. The van der Waals surface area contributed by atoms with Gasteiger partial charge in [-0.25, -0.2) is 0 Å². The average molecular weight is 267 g/mol. The summed E-state index contributed by atoms with van der Waals surface area (Å²) in [4.78, 5) is 4.47. The number of pyridine rings is 1. The molecule has 3 heteroatoms. The quantitative estimate of drug-likeness (QED) is 0.892. The fraction of sp³-hybridized carbons (Fsp3) is 0.667. The molecule has 1 N–H and O–H groups in total. The Labute approximate surface area is 115 Å². The third kappa shape index (κ3) is 2.86. The van der Waals surface area contributed by atoms with E-state index in [1.165, 1.54) is 19.3 Å². The van der Waals surface area contributed by atoms with Gasteiger partial charge < -0.3 is 5.32 Å². The number of nitrogens with zero attached hydrogens (tertiary/aromatic N) is 1. The van der Waals surface area contributed by atoms with E-state index in [9.17, 15) is 0 Å². The average Bonchev–Trinajstić information content (AvgIpc) is 2.37. The van der Waals surface area contributed by atoms with Gasteiger partial charge in [-0.15, -0.1) is 0 Å². The second kappa shape index (κ2) is 6.03. The third-order valence-corrected chi connectivity index (χ3v) is 4.82. The molecule has 0 saturated heterocycles. The lowest BCUT2D eigenvalue weighted by molar-refractivity contribution is 0.173. The van der Waals surface area contributed by atoms with Crippen molar-refractivity contribution in [2.75, 3.05) is 7.05 Å². The first-order valence-electron chi connectivity index (χ1n) is 6.91. The van der Waals surface area contributed by atoms with Crippen molar-refractivity contribution < 1.29 is 0 Å². The van der Waals surface area contributed by atoms with Crippen molar-refractivity contribution in [2.24, 2.45) is 17.8 Å². The van der Waals surface area contributed by atoms with Gasteiger partial charge in [-0.3, -0.25) is 4.98 Å². The molecule has 1 aromatic heterocycles. The Morgan fingerprint density at radius 2 is 2.11 bits per heavy atom. The highest BCUT2D eigenvalue weighted by Gasteiger charge is 2.31. The van der Waals surface area contributed by atoms with Crippen molar-refractivity contribution in [1.29, 1.82) is 0 Å². The topological polar surface area (TPSA) is 24.9 Å². The van der Waals surface area contributed by atoms with Crippen molar-refractivity contribution in [3.8, 4) is 0 Å². The standard InChI is InChI=1S/C15H23ClN2/c1-10-6-7-12(9-11(10)2)14(17-3)15-13(16)5-4-8-18-15/h4-5,8,10-12,14,17H,6-7,9H2,1-3H3. The van der Waals surface area contributed by atoms with Crippen molar-refractivity contribution in [1.82, 2.24) is 10.3 Å². The van der Waals surface area contributed by atoms with Crippen molar-refractivity contribution in [2.45, 2.75) is 39.2 Å². The number of hydrogen-bond donors (Lipinski definition) is 1. The predicted octanol–water partition coefficient (Wildman–Crippen LogP) is 4.07. The Morgan fingerprint density at radius 3 is 2.72 bits per heavy atom. The van der Waals surface area contributed by atoms with Crippen molar-refractivity contribution >= 4 is 11.6 Å². The second-order valence-corrected chi connectivity index (χ2v) is 6.07. The summed E-state index contributed by atoms with van der Waals surface area (Å²) >= 11 is 6.28. The van der Waals surface area contributed by atoms with Gasteiger partial charge in [0.25, 0.3) is 0 Å². The van der Waals surface area contributed by atoms with Gasteiger partial charge in [-0.2, -0.15) is 0 Å². The molecule has 4 atom stereocenters. The first-order chi connectivity index (χ1) is 8.63. The van der Waals surface area contributed by atoms with Gasteiger partial charge in [0.2, 0.25) is 0 Å². The normalized spacial score (nSPS) is 30.1. The molecule has 1 aliphatic carbocycles. The molecule has 1 fully saturated rings. The van der Waals surface area contributed by atoms with Gasteiger partial charge in [0.1, 0.15) is 0 Å². The second-order valence-electron chi connectivity index (χ2n) is 5.66. The molecule has 2 rings (SSSR count). The van der Waals surface area contributed by atoms with E-state index in [-0.39, 0.29) is 6.04 Å². The maximum atomic E-state index is 6.28. The highest BCUT2D eigenvalue weighted by atomic mass is 35.5. The highest BCUT2D eigenvalue weighted by Crippen LogP contribution is 2.40. The predicted molar refractivity (Wildman–Crippen MR) is 76.7 cm³/mol. The molecule has 0 amide bonds. The van der Waals surface area contributed by atoms with Crippen LogP contribution in [0.15, 0.2) is 18.3 Å². The fourth-order valence-corrected chi connectivity index (χ4v) is 3.35. The van der Waals surface area contributed by atoms with Crippen LogP contribution in [-0.4, -0.2) is 12.0 Å². The zero-order valence-corrected chi connectivity index (χ0v) is 12.2. The van der Waals surface area contributed by atoms with Crippen LogP contribution >= 0.6 is 11.6 Å². The van der Waals surface area contributed by atoms with E-state index in [1.54, 1.807) is 0 Å². The van der Waals surface area contributed by atoms with Gasteiger partial charge in [-0.05, 0) is 49.8 Å². The molecular formula is C15H23ClN2. The number of hydrogen-bond acceptors (Lipinski definition) is 2. The van der Waals surface area contributed by atoms with Crippen LogP contribution in [0.2, 0.25) is 5.02 Å². The number of halogens is 1. The molecule has 18 heavy (non-hydrogen) atoms. The largest absolute Gasteiger partial charge is 0.311 e. The highest BCUT2D eigenvalue weighted by molar-refractivity contribution is 6.31. The SMILES string of the molecule is CNC(c1ncccc1Cl)C1CCC(C)C(C)C1. The minimum Gasteiger partial charge on any atom is -0.311 e. The maximum Gasteiger partial charge on any atom is 0.0761 e. The summed E-state index contributed by atoms with van der Waals surface area (Å²) in [6, 6.07) is 4.11. The zero-order valence-electron chi connectivity index (χ0n) is 11.5. The minimum atomic E-state index is 0.286. The van der Waals surface area contributed by atoms with Gasteiger partial charge in [-0.1, -0.05) is 31.9 Å². The molecule has 0 aromatic carbocycles. The molecule has 0 bridgehead atoms. The molecule has 0 spiro atoms. The lowest BCUT2D eigenvalue weighted by atomic mass is 9.72. The van der Waals surface area contributed by atoms with Crippen LogP contribution in [0.25, 0.3) is 0 Å². The Kier molecular flexibility index (Phi) is 4.63. The molecule has 0 aliphatic heterocycles. The summed E-state index contributed by atoms with van der Waals surface area (Å²) in [5.41, 5.74) is 1.01. The molecular weight excluding hydrogens is 244 g/mol. The lowest BCUT2D eigenvalue weighted by Crippen LogP contribution is -2.32. The summed E-state index contributed by atoms with van der Waals surface area (Å²) in [5, 5.41) is 4.20. The molecule has 1 aromatic rings. The van der Waals surface area contributed by atoms with Crippen LogP contribution in [0.4, 0.5) is 0 Å². The molecule has 1 saturated carbocycles. The Balaban J connectivity index is 2.17. The van der Waals surface area contributed by atoms with Crippen molar-refractivity contribution in [3.05, 3.63) is 29.0 Å². The van der Waals surface area contributed by atoms with Crippen LogP contribution in [0.1, 0.15) is 44.8 Å². The van der Waals surface area contributed by atoms with Gasteiger partial charge in [0, 0.05) is 6.20 Å². The third-order valence-electron chi connectivity index (χ3n) is 4.50. The van der Waals surface area contributed by atoms with Crippen LogP contribution in [0.5, 0.6) is 0 Å². The summed E-state index contributed by atoms with van der Waals surface area (Å²) in [6.07, 6.45) is 5.68. The summed E-state index contributed by atoms with van der Waals surface area (Å²) in [6.45, 7) is 4.73. The number of nitrogens with one attached hydrogen (secondary N) is 1. The van der Waals surface area contributed by atoms with Crippen molar-refractivity contribution in [3.63, 3.8) is 0 Å². The molecule has 2 nitrogen and oxygen atoms in total. The lowest BCUT2D eigenvalue weighted by Gasteiger charge is -2.36. The molecule has 0 radical (unpaired) electrons. The summed E-state index contributed by atoms with van der Waals surface area (Å²) in [7, 11) is 2.01. The minimum absolute atomic E-state index is 0.286. The van der Waals surface area contributed by atoms with E-state index in [0.717, 1.165) is 22.6 Å². The van der Waals surface area contributed by atoms with E-state index in [4.69, 9.17) is 11.6 Å². The first-order valence-corrected chi connectivity index (χ1v) is 7.29. The van der Waals surface area contributed by atoms with Crippen LogP contribution < -0.4 is 5.32 Å². The van der Waals surface area contributed by atoms with Gasteiger partial charge in [0.15, 0.2) is 0 Å². The summed E-state index contributed by atoms with van der Waals surface area (Å²) < 4.78 is 0. The maximum absolute atomic E-state index is 6.28. The van der Waals surface area contributed by atoms with E-state index in [1.807, 2.05) is 25.4 Å². The molecule has 1 aliphatic rings. The van der Waals surface area contributed by atoms with E-state index >= 15 is 0 Å². The smallest absolute Gasteiger partial charge is 0.0761 e. The summed E-state index contributed by atoms with van der Waals surface area (Å²) in [5.74, 6) is 2.29. The Bertz CT molecular complexity index is 394. The van der Waals surface area contributed by atoms with E-state index in [0.29, 0.717) is 5.92 Å². The monoisotopic (exact) mass is 266 g/mol. The Hall–Kier alpha value is -0.600.